The highest BCUT2D eigenvalue weighted by atomic mass is 16.5. The first-order valence-electron chi connectivity index (χ1n) is 7.52. The molecule has 4 aromatic rings. The number of hydrogen-bond acceptors (Lipinski definition) is 6. The van der Waals surface area contributed by atoms with Gasteiger partial charge >= 0.3 is 0 Å². The minimum Gasteiger partial charge on any atom is -0.497 e. The van der Waals surface area contributed by atoms with Crippen molar-refractivity contribution in [1.82, 2.24) is 24.8 Å². The van der Waals surface area contributed by atoms with Gasteiger partial charge in [-0.1, -0.05) is 12.1 Å². The zero-order valence-electron chi connectivity index (χ0n) is 13.3. The Labute approximate surface area is 141 Å². The molecule has 0 spiro atoms. The second-order valence-corrected chi connectivity index (χ2v) is 5.42. The van der Waals surface area contributed by atoms with Crippen LogP contribution in [-0.4, -0.2) is 31.9 Å². The first-order chi connectivity index (χ1) is 12.2. The van der Waals surface area contributed by atoms with Gasteiger partial charge < -0.3 is 10.5 Å². The fourth-order valence-electron chi connectivity index (χ4n) is 2.55. The minimum absolute atomic E-state index is 0.264. The topological polar surface area (TPSA) is 111 Å². The number of nitrogen functional groups attached to an aromatic ring is 1. The largest absolute Gasteiger partial charge is 0.497 e. The Balaban J connectivity index is 1.90. The maximum atomic E-state index is 12.3. The van der Waals surface area contributed by atoms with Crippen molar-refractivity contribution in [2.75, 3.05) is 12.8 Å². The van der Waals surface area contributed by atoms with Gasteiger partial charge in [0.2, 0.25) is 0 Å². The summed E-state index contributed by atoms with van der Waals surface area (Å²) >= 11 is 0. The smallest absolute Gasteiger partial charge is 0.279 e. The van der Waals surface area contributed by atoms with Crippen LogP contribution < -0.4 is 16.0 Å². The minimum atomic E-state index is -0.343. The fourth-order valence-corrected chi connectivity index (χ4v) is 2.55. The normalized spacial score (nSPS) is 10.9. The number of methoxy groups -OCH3 is 1. The molecule has 8 nitrogen and oxygen atoms in total. The average molecular weight is 334 g/mol. The molecule has 0 fully saturated rings. The number of aromatic nitrogens is 5. The predicted molar refractivity (Wildman–Crippen MR) is 93.2 cm³/mol. The Bertz CT molecular complexity index is 1110. The van der Waals surface area contributed by atoms with Crippen molar-refractivity contribution in [2.45, 2.75) is 0 Å². The standard InChI is InChI=1S/C17H14N6O2/c1-25-13-7-5-10(6-8-13)14-16(24)19-17-21-20-15(23(17)22-14)11-3-2-4-12(18)9-11/h2-9H,18H2,1H3,(H,19,21,24). The molecule has 0 aliphatic heterocycles. The molecule has 2 aromatic heterocycles. The van der Waals surface area contributed by atoms with Gasteiger partial charge in [0.25, 0.3) is 11.3 Å². The maximum Gasteiger partial charge on any atom is 0.279 e. The van der Waals surface area contributed by atoms with Gasteiger partial charge in [-0.2, -0.15) is 9.61 Å². The Kier molecular flexibility index (Phi) is 3.42. The molecule has 0 aliphatic carbocycles. The summed E-state index contributed by atoms with van der Waals surface area (Å²) in [4.78, 5) is 15.0. The lowest BCUT2D eigenvalue weighted by molar-refractivity contribution is 0.415. The number of anilines is 1. The summed E-state index contributed by atoms with van der Waals surface area (Å²) in [5, 5.41) is 12.5. The molecule has 124 valence electrons. The molecule has 8 heteroatoms. The highest BCUT2D eigenvalue weighted by Gasteiger charge is 2.14. The second kappa shape index (κ2) is 5.75. The Morgan fingerprint density at radius 2 is 1.88 bits per heavy atom. The van der Waals surface area contributed by atoms with Gasteiger partial charge in [-0.3, -0.25) is 9.78 Å². The van der Waals surface area contributed by atoms with Crippen LogP contribution in [0.1, 0.15) is 0 Å². The van der Waals surface area contributed by atoms with Crippen molar-refractivity contribution >= 4 is 11.5 Å². The molecule has 0 unspecified atom stereocenters. The van der Waals surface area contributed by atoms with Gasteiger partial charge in [-0.05, 0) is 36.4 Å². The number of nitrogens with one attached hydrogen (secondary N) is 1. The first-order valence-corrected chi connectivity index (χ1v) is 7.52. The van der Waals surface area contributed by atoms with E-state index in [-0.39, 0.29) is 17.0 Å². The number of ether oxygens (including phenoxy) is 1. The third-order valence-corrected chi connectivity index (χ3v) is 3.79. The molecule has 2 heterocycles. The van der Waals surface area contributed by atoms with Crippen molar-refractivity contribution in [2.24, 2.45) is 0 Å². The monoisotopic (exact) mass is 334 g/mol. The van der Waals surface area contributed by atoms with Gasteiger partial charge in [0, 0.05) is 16.8 Å². The molecule has 0 atom stereocenters. The van der Waals surface area contributed by atoms with E-state index in [0.717, 1.165) is 5.56 Å². The number of nitrogens with zero attached hydrogens (tertiary/aromatic N) is 4. The number of hydrogen-bond donors (Lipinski definition) is 2. The van der Waals surface area contributed by atoms with Crippen LogP contribution in [0.5, 0.6) is 5.75 Å². The number of fused-ring (bicyclic) bond motifs is 1. The molecule has 0 bridgehead atoms. The summed E-state index contributed by atoms with van der Waals surface area (Å²) in [5.74, 6) is 1.46. The number of benzene rings is 2. The summed E-state index contributed by atoms with van der Waals surface area (Å²) in [7, 11) is 1.58. The maximum absolute atomic E-state index is 12.3. The third-order valence-electron chi connectivity index (χ3n) is 3.79. The summed E-state index contributed by atoms with van der Waals surface area (Å²) in [6, 6.07) is 14.3. The fraction of sp³-hybridized carbons (Fsp3) is 0.0588. The van der Waals surface area contributed by atoms with Crippen LogP contribution in [0.2, 0.25) is 0 Å². The average Bonchev–Trinajstić information content (AvgIpc) is 3.04. The van der Waals surface area contributed by atoms with E-state index >= 15 is 0 Å². The van der Waals surface area contributed by atoms with Crippen molar-refractivity contribution < 1.29 is 4.74 Å². The summed E-state index contributed by atoms with van der Waals surface area (Å²) in [6.45, 7) is 0. The number of aromatic amines is 1. The van der Waals surface area contributed by atoms with Crippen molar-refractivity contribution in [3.05, 3.63) is 58.9 Å². The van der Waals surface area contributed by atoms with E-state index in [1.807, 2.05) is 12.1 Å². The third kappa shape index (κ3) is 2.59. The van der Waals surface area contributed by atoms with Crippen molar-refractivity contribution in [3.8, 4) is 28.4 Å². The molecule has 0 radical (unpaired) electrons. The van der Waals surface area contributed by atoms with Crippen molar-refractivity contribution in [1.29, 1.82) is 0 Å². The SMILES string of the molecule is COc1ccc(-c2nn3c(-c4cccc(N)c4)nnc3[nH]c2=O)cc1. The van der Waals surface area contributed by atoms with Crippen LogP contribution in [0.15, 0.2) is 53.3 Å². The van der Waals surface area contributed by atoms with E-state index in [1.165, 1.54) is 4.52 Å². The lowest BCUT2D eigenvalue weighted by Gasteiger charge is -2.04. The van der Waals surface area contributed by atoms with Crippen LogP contribution in [0.25, 0.3) is 28.4 Å². The quantitative estimate of drug-likeness (QED) is 0.552. The predicted octanol–water partition coefficient (Wildman–Crippen LogP) is 1.74. The van der Waals surface area contributed by atoms with Crippen LogP contribution in [0.3, 0.4) is 0 Å². The highest BCUT2D eigenvalue weighted by molar-refractivity contribution is 5.64. The highest BCUT2D eigenvalue weighted by Crippen LogP contribution is 2.21. The van der Waals surface area contributed by atoms with E-state index < -0.39 is 0 Å². The van der Waals surface area contributed by atoms with Gasteiger partial charge in [-0.15, -0.1) is 10.2 Å². The zero-order chi connectivity index (χ0) is 17.4. The summed E-state index contributed by atoms with van der Waals surface area (Å²) in [6.07, 6.45) is 0. The van der Waals surface area contributed by atoms with Crippen LogP contribution in [0.4, 0.5) is 5.69 Å². The first kappa shape index (κ1) is 14.9. The summed E-state index contributed by atoms with van der Waals surface area (Å²) in [5.41, 5.74) is 7.78. The van der Waals surface area contributed by atoms with Gasteiger partial charge in [0.15, 0.2) is 11.5 Å². The lowest BCUT2D eigenvalue weighted by atomic mass is 10.1. The van der Waals surface area contributed by atoms with Gasteiger partial charge in [0.1, 0.15) is 5.75 Å². The van der Waals surface area contributed by atoms with E-state index in [1.54, 1.807) is 43.5 Å². The molecule has 25 heavy (non-hydrogen) atoms. The van der Waals surface area contributed by atoms with E-state index in [4.69, 9.17) is 10.5 Å². The molecule has 3 N–H and O–H groups in total. The molecule has 2 aromatic carbocycles. The van der Waals surface area contributed by atoms with E-state index in [2.05, 4.69) is 20.3 Å². The van der Waals surface area contributed by atoms with E-state index in [9.17, 15) is 4.79 Å². The second-order valence-electron chi connectivity index (χ2n) is 5.42. The van der Waals surface area contributed by atoms with Gasteiger partial charge in [-0.25, -0.2) is 0 Å². The molecular weight excluding hydrogens is 320 g/mol. The number of rotatable bonds is 3. The number of H-pyrrole nitrogens is 1. The molecule has 4 rings (SSSR count). The Morgan fingerprint density at radius 3 is 2.60 bits per heavy atom. The molecular formula is C17H14N6O2. The molecule has 0 saturated heterocycles. The van der Waals surface area contributed by atoms with Crippen molar-refractivity contribution in [3.63, 3.8) is 0 Å². The van der Waals surface area contributed by atoms with Crippen LogP contribution in [0, 0.1) is 0 Å². The molecule has 0 amide bonds. The van der Waals surface area contributed by atoms with E-state index in [0.29, 0.717) is 22.8 Å². The van der Waals surface area contributed by atoms with Crippen LogP contribution in [-0.2, 0) is 0 Å². The lowest BCUT2D eigenvalue weighted by Crippen LogP contribution is -2.15. The van der Waals surface area contributed by atoms with Crippen LogP contribution >= 0.6 is 0 Å². The zero-order valence-corrected chi connectivity index (χ0v) is 13.3. The Morgan fingerprint density at radius 1 is 1.08 bits per heavy atom. The van der Waals surface area contributed by atoms with Gasteiger partial charge in [0.05, 0.1) is 7.11 Å². The molecule has 0 saturated carbocycles. The molecule has 0 aliphatic rings. The summed E-state index contributed by atoms with van der Waals surface area (Å²) < 4.78 is 6.63. The number of nitrogens with two attached hydrogens (primary N) is 1. The Hall–Kier alpha value is -3.68.